The van der Waals surface area contributed by atoms with Crippen molar-refractivity contribution >= 4 is 29.2 Å². The van der Waals surface area contributed by atoms with Gasteiger partial charge in [0.1, 0.15) is 5.75 Å². The van der Waals surface area contributed by atoms with Gasteiger partial charge in [-0.25, -0.2) is 14.2 Å². The van der Waals surface area contributed by atoms with Crippen molar-refractivity contribution in [2.24, 2.45) is 0 Å². The van der Waals surface area contributed by atoms with Gasteiger partial charge < -0.3 is 20.5 Å². The van der Waals surface area contributed by atoms with Crippen molar-refractivity contribution in [2.75, 3.05) is 6.54 Å². The molecule has 0 saturated carbocycles. The fourth-order valence-electron chi connectivity index (χ4n) is 3.78. The molecule has 154 valence electrons. The molecule has 2 aromatic heterocycles. The molecule has 8 nitrogen and oxygen atoms in total. The first-order valence-electron chi connectivity index (χ1n) is 9.54. The topological polar surface area (TPSA) is 105 Å². The Balaban J connectivity index is 1.67. The number of carbonyl (C=O) groups excluding carboxylic acids is 1. The Morgan fingerprint density at radius 3 is 2.87 bits per heavy atom. The second-order valence-electron chi connectivity index (χ2n) is 7.72. The van der Waals surface area contributed by atoms with Crippen LogP contribution in [0.4, 0.5) is 9.59 Å². The lowest BCUT2D eigenvalue weighted by Gasteiger charge is -2.24. The number of nitrogens with one attached hydrogen (secondary N) is 2. The van der Waals surface area contributed by atoms with E-state index >= 15 is 0 Å². The quantitative estimate of drug-likeness (QED) is 0.612. The molecule has 4 rings (SSSR count). The largest absolute Gasteiger partial charge is 0.464 e. The average molecular weight is 406 g/mol. The second-order valence-corrected chi connectivity index (χ2v) is 7.72. The molecule has 0 atom stereocenters. The number of amides is 1. The Labute approximate surface area is 173 Å². The van der Waals surface area contributed by atoms with Crippen LogP contribution in [-0.4, -0.2) is 33.4 Å². The molecule has 3 aromatic rings. The minimum Gasteiger partial charge on any atom is -0.464 e. The van der Waals surface area contributed by atoms with Crippen molar-refractivity contribution in [3.63, 3.8) is 0 Å². The predicted octanol–water partition coefficient (Wildman–Crippen LogP) is 3.70. The van der Waals surface area contributed by atoms with E-state index in [1.807, 2.05) is 19.9 Å². The zero-order valence-corrected chi connectivity index (χ0v) is 16.7. The van der Waals surface area contributed by atoms with Gasteiger partial charge in [0, 0.05) is 23.5 Å². The molecule has 0 fully saturated rings. The lowest BCUT2D eigenvalue weighted by molar-refractivity contribution is 0.196. The van der Waals surface area contributed by atoms with Crippen LogP contribution in [0.2, 0.25) is 0 Å². The standard InChI is InChI=1S/C22H22N4O4/c1-22(2)13-23-10-8-18-19(22)16-11-15(6-7-17(16)26(18)21(28)29)30-20(27)25-12-14-5-3-4-9-24-14/h3-11,23H,12-13H2,1-2H3,(H,25,27)(H,28,29). The molecule has 1 aromatic carbocycles. The first kappa shape index (κ1) is 19.5. The number of ether oxygens (including phenoxy) is 1. The van der Waals surface area contributed by atoms with Crippen LogP contribution in [0.1, 0.15) is 30.8 Å². The molecule has 3 N–H and O–H groups in total. The van der Waals surface area contributed by atoms with Crippen molar-refractivity contribution in [1.29, 1.82) is 0 Å². The summed E-state index contributed by atoms with van der Waals surface area (Å²) in [5, 5.41) is 16.4. The van der Waals surface area contributed by atoms with Gasteiger partial charge in [-0.1, -0.05) is 19.9 Å². The van der Waals surface area contributed by atoms with Crippen molar-refractivity contribution in [3.8, 4) is 5.75 Å². The van der Waals surface area contributed by atoms with Gasteiger partial charge in [-0.3, -0.25) is 4.98 Å². The monoisotopic (exact) mass is 406 g/mol. The van der Waals surface area contributed by atoms with Gasteiger partial charge in [0.15, 0.2) is 0 Å². The number of rotatable bonds is 3. The second kappa shape index (κ2) is 7.55. The summed E-state index contributed by atoms with van der Waals surface area (Å²) in [5.74, 6) is 0.336. The lowest BCUT2D eigenvalue weighted by Crippen LogP contribution is -2.29. The SMILES string of the molecule is CC1(C)CNC=Cc2c1c1cc(OC(=O)NCc3ccccn3)ccc1n2C(=O)O. The number of fused-ring (bicyclic) bond motifs is 3. The summed E-state index contributed by atoms with van der Waals surface area (Å²) in [4.78, 5) is 28.3. The van der Waals surface area contributed by atoms with Crippen LogP contribution in [0.5, 0.6) is 5.75 Å². The molecule has 8 heteroatoms. The summed E-state index contributed by atoms with van der Waals surface area (Å²) in [6, 6.07) is 10.4. The van der Waals surface area contributed by atoms with Crippen molar-refractivity contribution in [3.05, 3.63) is 65.7 Å². The smallest absolute Gasteiger partial charge is 0.416 e. The number of nitrogens with zero attached hydrogens (tertiary/aromatic N) is 2. The summed E-state index contributed by atoms with van der Waals surface area (Å²) < 4.78 is 6.70. The van der Waals surface area contributed by atoms with Crippen LogP contribution in [0, 0.1) is 0 Å². The molecule has 0 saturated heterocycles. The molecular formula is C22H22N4O4. The molecule has 3 heterocycles. The Kier molecular flexibility index (Phi) is 4.91. The number of carbonyl (C=O) groups is 2. The average Bonchev–Trinajstić information content (AvgIpc) is 2.96. The molecule has 1 aliphatic rings. The van der Waals surface area contributed by atoms with Crippen LogP contribution in [-0.2, 0) is 12.0 Å². The van der Waals surface area contributed by atoms with Crippen LogP contribution in [0.3, 0.4) is 0 Å². The van der Waals surface area contributed by atoms with E-state index in [0.717, 1.165) is 16.6 Å². The van der Waals surface area contributed by atoms with E-state index < -0.39 is 12.2 Å². The van der Waals surface area contributed by atoms with E-state index in [9.17, 15) is 14.7 Å². The van der Waals surface area contributed by atoms with E-state index in [1.54, 1.807) is 48.8 Å². The van der Waals surface area contributed by atoms with Crippen LogP contribution in [0.25, 0.3) is 17.0 Å². The minimum atomic E-state index is -1.06. The number of hydrogen-bond acceptors (Lipinski definition) is 5. The third-order valence-corrected chi connectivity index (χ3v) is 5.10. The van der Waals surface area contributed by atoms with Crippen molar-refractivity contribution in [1.82, 2.24) is 20.2 Å². The lowest BCUT2D eigenvalue weighted by atomic mass is 9.83. The molecule has 0 bridgehead atoms. The van der Waals surface area contributed by atoms with E-state index in [2.05, 4.69) is 15.6 Å². The predicted molar refractivity (Wildman–Crippen MR) is 113 cm³/mol. The summed E-state index contributed by atoms with van der Waals surface area (Å²) in [7, 11) is 0. The zero-order valence-electron chi connectivity index (χ0n) is 16.7. The maximum Gasteiger partial charge on any atom is 0.416 e. The Hall–Kier alpha value is -3.81. The van der Waals surface area contributed by atoms with E-state index in [1.165, 1.54) is 4.57 Å². The highest BCUT2D eigenvalue weighted by Gasteiger charge is 2.32. The number of benzene rings is 1. The number of pyridine rings is 1. The first-order chi connectivity index (χ1) is 14.4. The van der Waals surface area contributed by atoms with Gasteiger partial charge in [0.25, 0.3) is 0 Å². The summed E-state index contributed by atoms with van der Waals surface area (Å²) in [6.45, 7) is 4.98. The maximum absolute atomic E-state index is 12.2. The number of carboxylic acid groups (broad SMARTS) is 1. The minimum absolute atomic E-state index is 0.246. The Morgan fingerprint density at radius 1 is 1.30 bits per heavy atom. The van der Waals surface area contributed by atoms with Gasteiger partial charge in [-0.2, -0.15) is 0 Å². The highest BCUT2D eigenvalue weighted by Crippen LogP contribution is 2.39. The summed E-state index contributed by atoms with van der Waals surface area (Å²) in [5.41, 5.74) is 2.42. The first-order valence-corrected chi connectivity index (χ1v) is 9.54. The van der Waals surface area contributed by atoms with Crippen LogP contribution < -0.4 is 15.4 Å². The molecule has 1 amide bonds. The highest BCUT2D eigenvalue weighted by molar-refractivity contribution is 5.97. The highest BCUT2D eigenvalue weighted by atomic mass is 16.6. The van der Waals surface area contributed by atoms with Crippen molar-refractivity contribution < 1.29 is 19.4 Å². The van der Waals surface area contributed by atoms with Gasteiger partial charge in [-0.15, -0.1) is 0 Å². The normalized spacial score (nSPS) is 14.5. The van der Waals surface area contributed by atoms with Crippen LogP contribution in [0.15, 0.2) is 48.8 Å². The third-order valence-electron chi connectivity index (χ3n) is 5.10. The molecule has 1 aliphatic heterocycles. The fraction of sp³-hybridized carbons (Fsp3) is 0.227. The third kappa shape index (κ3) is 3.59. The zero-order chi connectivity index (χ0) is 21.3. The van der Waals surface area contributed by atoms with Crippen LogP contribution >= 0.6 is 0 Å². The van der Waals surface area contributed by atoms with Gasteiger partial charge in [0.05, 0.1) is 23.4 Å². The fourth-order valence-corrected chi connectivity index (χ4v) is 3.78. The van der Waals surface area contributed by atoms with Crippen molar-refractivity contribution in [2.45, 2.75) is 25.8 Å². The Morgan fingerprint density at radius 2 is 2.13 bits per heavy atom. The maximum atomic E-state index is 12.2. The Bertz CT molecular complexity index is 1150. The summed E-state index contributed by atoms with van der Waals surface area (Å²) in [6.07, 6.45) is 3.50. The van der Waals surface area contributed by atoms with Gasteiger partial charge >= 0.3 is 12.2 Å². The number of aromatic nitrogens is 2. The number of hydrogen-bond donors (Lipinski definition) is 3. The van der Waals surface area contributed by atoms with Gasteiger partial charge in [0.2, 0.25) is 0 Å². The van der Waals surface area contributed by atoms with Gasteiger partial charge in [-0.05, 0) is 48.2 Å². The molecule has 0 radical (unpaired) electrons. The van der Waals surface area contributed by atoms with E-state index in [4.69, 9.17) is 4.74 Å². The van der Waals surface area contributed by atoms with E-state index in [-0.39, 0.29) is 12.0 Å². The molecule has 0 aliphatic carbocycles. The summed E-state index contributed by atoms with van der Waals surface area (Å²) >= 11 is 0. The molecular weight excluding hydrogens is 384 g/mol. The molecule has 0 spiro atoms. The van der Waals surface area contributed by atoms with E-state index in [0.29, 0.717) is 23.5 Å². The molecule has 0 unspecified atom stereocenters. The molecule has 30 heavy (non-hydrogen) atoms.